The molecule has 25 heavy (non-hydrogen) atoms. The van der Waals surface area contributed by atoms with Crippen LogP contribution in [0.2, 0.25) is 5.02 Å². The van der Waals surface area contributed by atoms with Crippen LogP contribution in [-0.2, 0) is 6.54 Å². The summed E-state index contributed by atoms with van der Waals surface area (Å²) in [7, 11) is 0. The fourth-order valence-electron chi connectivity index (χ4n) is 3.44. The smallest absolute Gasteiger partial charge is 0.253 e. The summed E-state index contributed by atoms with van der Waals surface area (Å²) in [5, 5.41) is 12.2. The largest absolute Gasteiger partial charge is 0.348 e. The summed E-state index contributed by atoms with van der Waals surface area (Å²) >= 11 is 5.98. The average molecular weight is 355 g/mol. The summed E-state index contributed by atoms with van der Waals surface area (Å²) < 4.78 is 1.96. The number of amides is 1. The highest BCUT2D eigenvalue weighted by Crippen LogP contribution is 2.33. The van der Waals surface area contributed by atoms with E-state index in [1.54, 1.807) is 6.07 Å². The van der Waals surface area contributed by atoms with Crippen molar-refractivity contribution < 1.29 is 4.79 Å². The van der Waals surface area contributed by atoms with Gasteiger partial charge in [-0.2, -0.15) is 0 Å². The summed E-state index contributed by atoms with van der Waals surface area (Å²) in [6.45, 7) is 0.440. The lowest BCUT2D eigenvalue weighted by molar-refractivity contribution is 0.0950. The van der Waals surface area contributed by atoms with Crippen LogP contribution < -0.4 is 5.32 Å². The van der Waals surface area contributed by atoms with Gasteiger partial charge >= 0.3 is 0 Å². The highest BCUT2D eigenvalue weighted by molar-refractivity contribution is 6.30. The number of hydrogen-bond donors (Lipinski definition) is 1. The molecule has 4 rings (SSSR count). The Morgan fingerprint density at radius 1 is 1.20 bits per heavy atom. The highest BCUT2D eigenvalue weighted by atomic mass is 35.5. The summed E-state index contributed by atoms with van der Waals surface area (Å²) in [6.07, 6.45) is 6.60. The number of nitrogens with zero attached hydrogens (tertiary/aromatic N) is 3. The van der Waals surface area contributed by atoms with Gasteiger partial charge in [0.15, 0.2) is 5.65 Å². The van der Waals surface area contributed by atoms with Crippen LogP contribution >= 0.6 is 11.6 Å². The van der Waals surface area contributed by atoms with Crippen molar-refractivity contribution in [1.82, 2.24) is 19.9 Å². The van der Waals surface area contributed by atoms with Crippen LogP contribution in [0.1, 0.15) is 53.3 Å². The summed E-state index contributed by atoms with van der Waals surface area (Å²) in [5.41, 5.74) is 2.36. The molecule has 2 heterocycles. The summed E-state index contributed by atoms with van der Waals surface area (Å²) in [5.74, 6) is 1.30. The zero-order chi connectivity index (χ0) is 17.2. The van der Waals surface area contributed by atoms with E-state index in [1.807, 2.05) is 40.9 Å². The first-order valence-electron chi connectivity index (χ1n) is 8.58. The zero-order valence-electron chi connectivity index (χ0n) is 13.8. The third-order valence-electron chi connectivity index (χ3n) is 4.75. The standard InChI is InChI=1S/C19H19ClN4O/c20-16-7-3-4-13(10-16)11-21-19(25)15-8-9-17-22-23-18(24(17)12-15)14-5-1-2-6-14/h3-4,7-10,12,14H,1-2,5-6,11H2,(H,21,25). The molecular formula is C19H19ClN4O. The lowest BCUT2D eigenvalue weighted by Gasteiger charge is -2.09. The van der Waals surface area contributed by atoms with Crippen molar-refractivity contribution in [1.29, 1.82) is 0 Å². The van der Waals surface area contributed by atoms with Crippen molar-refractivity contribution in [3.8, 4) is 0 Å². The first-order valence-corrected chi connectivity index (χ1v) is 8.96. The topological polar surface area (TPSA) is 59.3 Å². The molecule has 1 amide bonds. The fourth-order valence-corrected chi connectivity index (χ4v) is 3.65. The molecule has 0 bridgehead atoms. The molecule has 3 aromatic rings. The normalized spacial score (nSPS) is 14.9. The van der Waals surface area contributed by atoms with Gasteiger partial charge in [0.05, 0.1) is 5.56 Å². The second-order valence-corrected chi connectivity index (χ2v) is 6.93. The van der Waals surface area contributed by atoms with E-state index in [0.717, 1.165) is 29.9 Å². The van der Waals surface area contributed by atoms with Crippen molar-refractivity contribution >= 4 is 23.2 Å². The molecule has 0 spiro atoms. The molecule has 1 aliphatic carbocycles. The third kappa shape index (κ3) is 3.37. The number of carbonyl (C=O) groups excluding carboxylic acids is 1. The molecule has 0 atom stereocenters. The molecule has 1 aliphatic rings. The number of pyridine rings is 1. The fraction of sp³-hybridized carbons (Fsp3) is 0.316. The summed E-state index contributed by atoms with van der Waals surface area (Å²) in [4.78, 5) is 12.5. The quantitative estimate of drug-likeness (QED) is 0.771. The van der Waals surface area contributed by atoms with Gasteiger partial charge in [0.1, 0.15) is 5.82 Å². The van der Waals surface area contributed by atoms with E-state index in [4.69, 9.17) is 11.6 Å². The molecule has 1 aromatic carbocycles. The van der Waals surface area contributed by atoms with Gasteiger partial charge in [0, 0.05) is 23.7 Å². The van der Waals surface area contributed by atoms with Gasteiger partial charge in [0.25, 0.3) is 5.91 Å². The van der Waals surface area contributed by atoms with E-state index in [2.05, 4.69) is 15.5 Å². The second kappa shape index (κ2) is 6.84. The number of fused-ring (bicyclic) bond motifs is 1. The molecule has 0 unspecified atom stereocenters. The van der Waals surface area contributed by atoms with Crippen LogP contribution in [0.3, 0.4) is 0 Å². The van der Waals surface area contributed by atoms with E-state index in [-0.39, 0.29) is 5.91 Å². The highest BCUT2D eigenvalue weighted by Gasteiger charge is 2.22. The van der Waals surface area contributed by atoms with Gasteiger partial charge in [-0.05, 0) is 42.7 Å². The maximum atomic E-state index is 12.5. The van der Waals surface area contributed by atoms with Crippen LogP contribution in [0.4, 0.5) is 0 Å². The van der Waals surface area contributed by atoms with Crippen molar-refractivity contribution in [3.63, 3.8) is 0 Å². The zero-order valence-corrected chi connectivity index (χ0v) is 14.5. The number of benzene rings is 1. The molecule has 1 fully saturated rings. The summed E-state index contributed by atoms with van der Waals surface area (Å²) in [6, 6.07) is 11.1. The Hall–Kier alpha value is -2.40. The molecule has 1 saturated carbocycles. The number of rotatable bonds is 4. The number of hydrogen-bond acceptors (Lipinski definition) is 3. The van der Waals surface area contributed by atoms with Crippen LogP contribution in [-0.4, -0.2) is 20.5 Å². The molecular weight excluding hydrogens is 336 g/mol. The molecule has 2 aromatic heterocycles. The van der Waals surface area contributed by atoms with Gasteiger partial charge in [-0.3, -0.25) is 9.20 Å². The van der Waals surface area contributed by atoms with Gasteiger partial charge in [-0.15, -0.1) is 10.2 Å². The van der Waals surface area contributed by atoms with Crippen molar-refractivity contribution in [2.45, 2.75) is 38.1 Å². The Morgan fingerprint density at radius 2 is 2.04 bits per heavy atom. The minimum Gasteiger partial charge on any atom is -0.348 e. The van der Waals surface area contributed by atoms with Gasteiger partial charge < -0.3 is 5.32 Å². The van der Waals surface area contributed by atoms with Crippen LogP contribution in [0.15, 0.2) is 42.6 Å². The van der Waals surface area contributed by atoms with E-state index in [9.17, 15) is 4.79 Å². The van der Waals surface area contributed by atoms with Gasteiger partial charge in [-0.25, -0.2) is 0 Å². The number of nitrogens with one attached hydrogen (secondary N) is 1. The van der Waals surface area contributed by atoms with E-state index in [1.165, 1.54) is 12.8 Å². The lowest BCUT2D eigenvalue weighted by atomic mass is 10.1. The van der Waals surface area contributed by atoms with Crippen LogP contribution in [0.25, 0.3) is 5.65 Å². The third-order valence-corrected chi connectivity index (χ3v) is 4.99. The Labute approximate surface area is 151 Å². The van der Waals surface area contributed by atoms with Crippen molar-refractivity contribution in [2.24, 2.45) is 0 Å². The molecule has 128 valence electrons. The van der Waals surface area contributed by atoms with Gasteiger partial charge in [0.2, 0.25) is 0 Å². The van der Waals surface area contributed by atoms with E-state index >= 15 is 0 Å². The Bertz CT molecular complexity index is 915. The van der Waals surface area contributed by atoms with E-state index in [0.29, 0.717) is 23.0 Å². The molecule has 5 nitrogen and oxygen atoms in total. The molecule has 0 radical (unpaired) electrons. The maximum absolute atomic E-state index is 12.5. The Morgan fingerprint density at radius 3 is 2.84 bits per heavy atom. The first-order chi connectivity index (χ1) is 12.2. The lowest BCUT2D eigenvalue weighted by Crippen LogP contribution is -2.23. The van der Waals surface area contributed by atoms with Crippen molar-refractivity contribution in [3.05, 3.63) is 64.6 Å². The predicted octanol–water partition coefficient (Wildman–Crippen LogP) is 3.97. The average Bonchev–Trinajstić information content (AvgIpc) is 3.28. The number of halogens is 1. The minimum absolute atomic E-state index is 0.118. The number of aromatic nitrogens is 3. The van der Waals surface area contributed by atoms with Crippen molar-refractivity contribution in [2.75, 3.05) is 0 Å². The Balaban J connectivity index is 1.54. The first kappa shape index (κ1) is 16.1. The minimum atomic E-state index is -0.118. The molecule has 1 N–H and O–H groups in total. The predicted molar refractivity (Wildman–Crippen MR) is 96.8 cm³/mol. The van der Waals surface area contributed by atoms with E-state index < -0.39 is 0 Å². The van der Waals surface area contributed by atoms with Gasteiger partial charge in [-0.1, -0.05) is 36.6 Å². The number of carbonyl (C=O) groups is 1. The van der Waals surface area contributed by atoms with Crippen LogP contribution in [0, 0.1) is 0 Å². The Kier molecular flexibility index (Phi) is 4.40. The SMILES string of the molecule is O=C(NCc1cccc(Cl)c1)c1ccc2nnc(C3CCCC3)n2c1. The molecule has 0 saturated heterocycles. The molecule has 0 aliphatic heterocycles. The molecule has 6 heteroatoms. The van der Waals surface area contributed by atoms with Crippen LogP contribution in [0.5, 0.6) is 0 Å². The second-order valence-electron chi connectivity index (χ2n) is 6.50. The maximum Gasteiger partial charge on any atom is 0.253 e. The monoisotopic (exact) mass is 354 g/mol.